The highest BCUT2D eigenvalue weighted by molar-refractivity contribution is 5.94. The number of anilines is 1. The standard InChI is InChI=1S/C23H21N7O/c1-14(24-3)23(31)30-22-9-6-18(17-11-25-13-26-12-17)19(29-22)7-4-16-5-8-20-21(10-16)28-15(2)27-20/h5-6,8-14,24H,1-3H3,(H,27,28)(H,29,30,31). The summed E-state index contributed by atoms with van der Waals surface area (Å²) in [5.74, 6) is 7.39. The first-order valence-electron chi connectivity index (χ1n) is 9.76. The number of aromatic amines is 1. The Morgan fingerprint density at radius 2 is 1.90 bits per heavy atom. The molecule has 0 aliphatic rings. The topological polar surface area (TPSA) is 108 Å². The molecule has 3 aromatic heterocycles. The van der Waals surface area contributed by atoms with E-state index < -0.39 is 0 Å². The lowest BCUT2D eigenvalue weighted by Gasteiger charge is -2.12. The molecule has 1 amide bonds. The van der Waals surface area contributed by atoms with Gasteiger partial charge in [-0.05, 0) is 57.1 Å². The van der Waals surface area contributed by atoms with E-state index in [0.29, 0.717) is 11.5 Å². The molecule has 3 N–H and O–H groups in total. The summed E-state index contributed by atoms with van der Waals surface area (Å²) in [5.41, 5.74) is 4.73. The van der Waals surface area contributed by atoms with E-state index in [1.165, 1.54) is 6.33 Å². The average Bonchev–Trinajstić information content (AvgIpc) is 3.17. The maximum absolute atomic E-state index is 12.2. The highest BCUT2D eigenvalue weighted by Gasteiger charge is 2.13. The van der Waals surface area contributed by atoms with E-state index in [-0.39, 0.29) is 11.9 Å². The number of carbonyl (C=O) groups is 1. The monoisotopic (exact) mass is 411 g/mol. The number of pyridine rings is 1. The number of H-pyrrole nitrogens is 1. The fraction of sp³-hybridized carbons (Fsp3) is 0.174. The van der Waals surface area contributed by atoms with Crippen LogP contribution >= 0.6 is 0 Å². The summed E-state index contributed by atoms with van der Waals surface area (Å²) < 4.78 is 0. The Hall–Kier alpha value is -4.09. The molecule has 0 aliphatic heterocycles. The Morgan fingerprint density at radius 3 is 2.68 bits per heavy atom. The maximum atomic E-state index is 12.2. The number of nitrogens with zero attached hydrogens (tertiary/aromatic N) is 4. The zero-order valence-corrected chi connectivity index (χ0v) is 17.4. The van der Waals surface area contributed by atoms with Gasteiger partial charge in [-0.1, -0.05) is 5.92 Å². The fourth-order valence-corrected chi connectivity index (χ4v) is 3.00. The van der Waals surface area contributed by atoms with Gasteiger partial charge < -0.3 is 15.6 Å². The minimum absolute atomic E-state index is 0.177. The maximum Gasteiger partial charge on any atom is 0.242 e. The summed E-state index contributed by atoms with van der Waals surface area (Å²) in [5, 5.41) is 5.72. The molecule has 1 unspecified atom stereocenters. The third-order valence-electron chi connectivity index (χ3n) is 4.77. The van der Waals surface area contributed by atoms with E-state index in [4.69, 9.17) is 0 Å². The van der Waals surface area contributed by atoms with Crippen molar-refractivity contribution in [1.82, 2.24) is 30.2 Å². The van der Waals surface area contributed by atoms with Gasteiger partial charge in [0.1, 0.15) is 23.7 Å². The number of benzene rings is 1. The van der Waals surface area contributed by atoms with E-state index in [1.54, 1.807) is 32.4 Å². The Kier molecular flexibility index (Phi) is 5.69. The molecule has 0 saturated heterocycles. The number of hydrogen-bond acceptors (Lipinski definition) is 6. The van der Waals surface area contributed by atoms with Crippen molar-refractivity contribution in [1.29, 1.82) is 0 Å². The summed E-state index contributed by atoms with van der Waals surface area (Å²) in [6.45, 7) is 3.69. The van der Waals surface area contributed by atoms with Crippen LogP contribution in [0.15, 0.2) is 49.1 Å². The number of aryl methyl sites for hydroxylation is 1. The molecule has 0 radical (unpaired) electrons. The van der Waals surface area contributed by atoms with Gasteiger partial charge >= 0.3 is 0 Å². The third kappa shape index (κ3) is 4.57. The van der Waals surface area contributed by atoms with Crippen molar-refractivity contribution in [3.63, 3.8) is 0 Å². The minimum atomic E-state index is -0.345. The molecular formula is C23H21N7O. The normalized spacial score (nSPS) is 11.6. The number of amides is 1. The second kappa shape index (κ2) is 8.73. The highest BCUT2D eigenvalue weighted by Crippen LogP contribution is 2.23. The molecular weight excluding hydrogens is 390 g/mol. The predicted molar refractivity (Wildman–Crippen MR) is 119 cm³/mol. The summed E-state index contributed by atoms with van der Waals surface area (Å²) in [7, 11) is 1.73. The van der Waals surface area contributed by atoms with Crippen molar-refractivity contribution in [2.24, 2.45) is 0 Å². The van der Waals surface area contributed by atoms with Crippen LogP contribution in [-0.2, 0) is 4.79 Å². The first-order chi connectivity index (χ1) is 15.0. The molecule has 154 valence electrons. The first-order valence-corrected chi connectivity index (χ1v) is 9.76. The van der Waals surface area contributed by atoms with Crippen LogP contribution in [0.25, 0.3) is 22.2 Å². The van der Waals surface area contributed by atoms with E-state index in [1.807, 2.05) is 31.2 Å². The van der Waals surface area contributed by atoms with Gasteiger partial charge in [-0.15, -0.1) is 0 Å². The predicted octanol–water partition coefficient (Wildman–Crippen LogP) is 2.67. The fourth-order valence-electron chi connectivity index (χ4n) is 3.00. The van der Waals surface area contributed by atoms with Crippen molar-refractivity contribution >= 4 is 22.8 Å². The Balaban J connectivity index is 1.73. The van der Waals surface area contributed by atoms with Gasteiger partial charge in [-0.25, -0.2) is 19.9 Å². The van der Waals surface area contributed by atoms with Crippen LogP contribution < -0.4 is 10.6 Å². The molecule has 0 bridgehead atoms. The highest BCUT2D eigenvalue weighted by atomic mass is 16.2. The van der Waals surface area contributed by atoms with Crippen LogP contribution in [0, 0.1) is 18.8 Å². The van der Waals surface area contributed by atoms with Crippen LogP contribution in [0.3, 0.4) is 0 Å². The van der Waals surface area contributed by atoms with Crippen LogP contribution in [-0.4, -0.2) is 43.9 Å². The zero-order valence-electron chi connectivity index (χ0n) is 17.4. The zero-order chi connectivity index (χ0) is 21.8. The molecule has 0 spiro atoms. The first kappa shape index (κ1) is 20.2. The molecule has 1 aromatic carbocycles. The van der Waals surface area contributed by atoms with E-state index in [2.05, 4.69) is 47.4 Å². The van der Waals surface area contributed by atoms with Crippen molar-refractivity contribution in [3.8, 4) is 23.0 Å². The lowest BCUT2D eigenvalue weighted by molar-refractivity contribution is -0.117. The number of fused-ring (bicyclic) bond motifs is 1. The molecule has 0 aliphatic carbocycles. The number of carbonyl (C=O) groups excluding carboxylic acids is 1. The molecule has 0 fully saturated rings. The largest absolute Gasteiger partial charge is 0.342 e. The Bertz CT molecular complexity index is 1300. The molecule has 8 heteroatoms. The third-order valence-corrected chi connectivity index (χ3v) is 4.77. The van der Waals surface area contributed by atoms with Gasteiger partial charge in [0, 0.05) is 29.1 Å². The number of nitrogens with one attached hydrogen (secondary N) is 3. The van der Waals surface area contributed by atoms with Crippen LogP contribution in [0.2, 0.25) is 0 Å². The number of likely N-dealkylation sites (N-methyl/N-ethyl adjacent to an activating group) is 1. The number of aromatic nitrogens is 5. The Labute approximate surface area is 179 Å². The van der Waals surface area contributed by atoms with Gasteiger partial charge in [0.25, 0.3) is 0 Å². The number of hydrogen-bond donors (Lipinski definition) is 3. The molecule has 1 atom stereocenters. The van der Waals surface area contributed by atoms with Gasteiger partial charge in [0.05, 0.1) is 17.1 Å². The minimum Gasteiger partial charge on any atom is -0.342 e. The van der Waals surface area contributed by atoms with Gasteiger partial charge in [-0.2, -0.15) is 0 Å². The lowest BCUT2D eigenvalue weighted by atomic mass is 10.1. The van der Waals surface area contributed by atoms with Crippen molar-refractivity contribution in [2.45, 2.75) is 19.9 Å². The molecule has 4 aromatic rings. The van der Waals surface area contributed by atoms with Gasteiger partial charge in [0.15, 0.2) is 0 Å². The summed E-state index contributed by atoms with van der Waals surface area (Å²) in [6.07, 6.45) is 4.88. The lowest BCUT2D eigenvalue weighted by Crippen LogP contribution is -2.35. The second-order valence-corrected chi connectivity index (χ2v) is 7.02. The van der Waals surface area contributed by atoms with Crippen molar-refractivity contribution in [2.75, 3.05) is 12.4 Å². The SMILES string of the molecule is CNC(C)C(=O)Nc1ccc(-c2cncnc2)c(C#Cc2ccc3[nH]c(C)nc3c2)n1. The Morgan fingerprint density at radius 1 is 1.10 bits per heavy atom. The molecule has 4 rings (SSSR count). The average molecular weight is 411 g/mol. The molecule has 3 heterocycles. The summed E-state index contributed by atoms with van der Waals surface area (Å²) in [4.78, 5) is 32.6. The smallest absolute Gasteiger partial charge is 0.242 e. The van der Waals surface area contributed by atoms with Crippen molar-refractivity contribution in [3.05, 3.63) is 66.1 Å². The van der Waals surface area contributed by atoms with Gasteiger partial charge in [-0.3, -0.25) is 4.79 Å². The van der Waals surface area contributed by atoms with Crippen LogP contribution in [0.4, 0.5) is 5.82 Å². The van der Waals surface area contributed by atoms with Crippen LogP contribution in [0.5, 0.6) is 0 Å². The van der Waals surface area contributed by atoms with E-state index in [0.717, 1.165) is 33.5 Å². The van der Waals surface area contributed by atoms with E-state index in [9.17, 15) is 4.79 Å². The molecule has 8 nitrogen and oxygen atoms in total. The summed E-state index contributed by atoms with van der Waals surface area (Å²) >= 11 is 0. The van der Waals surface area contributed by atoms with Crippen LogP contribution in [0.1, 0.15) is 24.0 Å². The van der Waals surface area contributed by atoms with Gasteiger partial charge in [0.2, 0.25) is 5.91 Å². The number of rotatable bonds is 4. The molecule has 0 saturated carbocycles. The van der Waals surface area contributed by atoms with Crippen molar-refractivity contribution < 1.29 is 4.79 Å². The van der Waals surface area contributed by atoms with E-state index >= 15 is 0 Å². The molecule has 31 heavy (non-hydrogen) atoms. The quantitative estimate of drug-likeness (QED) is 0.446. The number of imidazole rings is 1. The summed E-state index contributed by atoms with van der Waals surface area (Å²) in [6, 6.07) is 9.06. The second-order valence-electron chi connectivity index (χ2n) is 7.02.